The van der Waals surface area contributed by atoms with Crippen LogP contribution in [0.4, 0.5) is 0 Å². The van der Waals surface area contributed by atoms with E-state index in [1.807, 2.05) is 0 Å². The van der Waals surface area contributed by atoms with Crippen LogP contribution in [0, 0.1) is 0 Å². The largest absolute Gasteiger partial charge is 0.481 e. The number of carboxylic acids is 1. The first-order chi connectivity index (χ1) is 3.13. The zero-order chi connectivity index (χ0) is 5.86. The van der Waals surface area contributed by atoms with Gasteiger partial charge in [0, 0.05) is 0 Å². The predicted octanol–water partition coefficient (Wildman–Crippen LogP) is 0.718. The molecule has 0 bridgehead atoms. The molecule has 1 N–H and O–H groups in total. The third-order valence-corrected chi connectivity index (χ3v) is 0.605. The summed E-state index contributed by atoms with van der Waals surface area (Å²) in [6.45, 7) is 0. The van der Waals surface area contributed by atoms with Gasteiger partial charge in [-0.15, -0.1) is 12.6 Å². The van der Waals surface area contributed by atoms with Crippen molar-refractivity contribution in [3.63, 3.8) is 0 Å². The molecule has 4 heteroatoms. The molecule has 0 amide bonds. The molecular formula is C3H4O2S2. The number of rotatable bonds is 2. The minimum absolute atomic E-state index is 0.127. The van der Waals surface area contributed by atoms with Crippen molar-refractivity contribution in [2.75, 3.05) is 0 Å². The van der Waals surface area contributed by atoms with E-state index >= 15 is 0 Å². The number of hydrogen-bond acceptors (Lipinski definition) is 2. The minimum atomic E-state index is -0.931. The lowest BCUT2D eigenvalue weighted by molar-refractivity contribution is -0.135. The van der Waals surface area contributed by atoms with Crippen LogP contribution >= 0.6 is 24.8 Å². The normalized spacial score (nSPS) is 8.14. The van der Waals surface area contributed by atoms with Crippen molar-refractivity contribution in [3.05, 3.63) is 0 Å². The highest BCUT2D eigenvalue weighted by Gasteiger charge is 1.95. The summed E-state index contributed by atoms with van der Waals surface area (Å²) in [4.78, 5) is 9.67. The van der Waals surface area contributed by atoms with E-state index in [1.54, 1.807) is 0 Å². The second-order valence-electron chi connectivity index (χ2n) is 0.964. The fraction of sp³-hybridized carbons (Fsp3) is 0.333. The molecule has 0 atom stereocenters. The lowest BCUT2D eigenvalue weighted by Crippen LogP contribution is -1.97. The summed E-state index contributed by atoms with van der Waals surface area (Å²) in [5, 5.41) is 7.95. The monoisotopic (exact) mass is 136 g/mol. The fourth-order valence-electron chi connectivity index (χ4n) is 0.129. The van der Waals surface area contributed by atoms with Crippen LogP contribution in [0.1, 0.15) is 6.42 Å². The molecule has 0 aromatic carbocycles. The molecule has 0 radical (unpaired) electrons. The van der Waals surface area contributed by atoms with E-state index in [0.717, 1.165) is 0 Å². The van der Waals surface area contributed by atoms with Gasteiger partial charge in [-0.3, -0.25) is 4.79 Å². The molecule has 0 aromatic heterocycles. The highest BCUT2D eigenvalue weighted by Crippen LogP contribution is 1.89. The molecule has 0 aromatic rings. The standard InChI is InChI=1S/C3H4O2S2/c4-2(5)1-3(6)7/h1H2,(H,4,5)(H,6,7). The van der Waals surface area contributed by atoms with Crippen LogP contribution in [0.2, 0.25) is 0 Å². The third-order valence-electron chi connectivity index (χ3n) is 0.302. The molecule has 0 aliphatic rings. The molecule has 0 unspecified atom stereocenters. The molecule has 0 saturated carbocycles. The first kappa shape index (κ1) is 6.91. The van der Waals surface area contributed by atoms with Crippen LogP contribution in [0.15, 0.2) is 0 Å². The molecule has 0 fully saturated rings. The fourth-order valence-corrected chi connectivity index (χ4v) is 0.388. The van der Waals surface area contributed by atoms with Crippen molar-refractivity contribution >= 4 is 35.0 Å². The van der Waals surface area contributed by atoms with Gasteiger partial charge in [0.1, 0.15) is 0 Å². The van der Waals surface area contributed by atoms with E-state index in [4.69, 9.17) is 5.11 Å². The Balaban J connectivity index is 3.32. The van der Waals surface area contributed by atoms with Gasteiger partial charge in [-0.25, -0.2) is 0 Å². The van der Waals surface area contributed by atoms with E-state index in [1.165, 1.54) is 0 Å². The van der Waals surface area contributed by atoms with Gasteiger partial charge in [0.05, 0.1) is 10.6 Å². The summed E-state index contributed by atoms with van der Waals surface area (Å²) >= 11 is 7.94. The summed E-state index contributed by atoms with van der Waals surface area (Å²) in [5.74, 6) is -0.931. The second kappa shape index (κ2) is 2.98. The van der Waals surface area contributed by atoms with Crippen molar-refractivity contribution in [2.24, 2.45) is 0 Å². The van der Waals surface area contributed by atoms with E-state index in [0.29, 0.717) is 0 Å². The second-order valence-corrected chi connectivity index (χ2v) is 2.30. The number of carboxylic acid groups (broad SMARTS) is 1. The molecule has 0 spiro atoms. The Morgan fingerprint density at radius 1 is 1.86 bits per heavy atom. The van der Waals surface area contributed by atoms with E-state index in [-0.39, 0.29) is 10.6 Å². The van der Waals surface area contributed by atoms with Gasteiger partial charge in [-0.1, -0.05) is 12.2 Å². The first-order valence-corrected chi connectivity index (χ1v) is 2.42. The van der Waals surface area contributed by atoms with E-state index in [2.05, 4.69) is 24.8 Å². The van der Waals surface area contributed by atoms with E-state index in [9.17, 15) is 4.79 Å². The van der Waals surface area contributed by atoms with Crippen molar-refractivity contribution in [2.45, 2.75) is 6.42 Å². The van der Waals surface area contributed by atoms with Gasteiger partial charge in [-0.2, -0.15) is 0 Å². The Labute approximate surface area is 51.9 Å². The Kier molecular flexibility index (Phi) is 2.95. The molecule has 40 valence electrons. The van der Waals surface area contributed by atoms with Gasteiger partial charge in [0.15, 0.2) is 0 Å². The Hall–Kier alpha value is -0.0900. The maximum absolute atomic E-state index is 9.67. The molecule has 0 heterocycles. The number of carbonyl (C=O) groups is 1. The lowest BCUT2D eigenvalue weighted by Gasteiger charge is -1.83. The van der Waals surface area contributed by atoms with Gasteiger partial charge in [0.25, 0.3) is 0 Å². The topological polar surface area (TPSA) is 37.3 Å². The van der Waals surface area contributed by atoms with Crippen molar-refractivity contribution in [3.8, 4) is 0 Å². The summed E-state index contributed by atoms with van der Waals surface area (Å²) in [5.41, 5.74) is 0. The molecule has 0 saturated heterocycles. The molecule has 7 heavy (non-hydrogen) atoms. The lowest BCUT2D eigenvalue weighted by atomic mass is 10.5. The Morgan fingerprint density at radius 3 is 2.29 bits per heavy atom. The highest BCUT2D eigenvalue weighted by atomic mass is 32.1. The molecular weight excluding hydrogens is 132 g/mol. The van der Waals surface area contributed by atoms with Crippen LogP contribution < -0.4 is 0 Å². The summed E-state index contributed by atoms with van der Waals surface area (Å²) < 4.78 is 0.215. The SMILES string of the molecule is O=C(O)CC(=S)S. The summed E-state index contributed by atoms with van der Waals surface area (Å²) in [6, 6.07) is 0. The number of thiocarbonyl (C=S) groups is 1. The van der Waals surface area contributed by atoms with Crippen LogP contribution in [0.3, 0.4) is 0 Å². The molecule has 0 rings (SSSR count). The maximum atomic E-state index is 9.67. The Morgan fingerprint density at radius 2 is 2.29 bits per heavy atom. The van der Waals surface area contributed by atoms with Crippen molar-refractivity contribution in [1.82, 2.24) is 0 Å². The minimum Gasteiger partial charge on any atom is -0.481 e. The molecule has 0 aliphatic carbocycles. The van der Waals surface area contributed by atoms with E-state index < -0.39 is 5.97 Å². The van der Waals surface area contributed by atoms with Crippen LogP contribution in [-0.4, -0.2) is 15.3 Å². The van der Waals surface area contributed by atoms with Crippen LogP contribution in [-0.2, 0) is 4.79 Å². The maximum Gasteiger partial charge on any atom is 0.309 e. The zero-order valence-electron chi connectivity index (χ0n) is 3.42. The third kappa shape index (κ3) is 5.91. The predicted molar refractivity (Wildman–Crippen MR) is 33.8 cm³/mol. The number of hydrogen-bond donors (Lipinski definition) is 2. The number of thiol groups is 1. The smallest absolute Gasteiger partial charge is 0.309 e. The average molecular weight is 136 g/mol. The van der Waals surface area contributed by atoms with Crippen molar-refractivity contribution in [1.29, 1.82) is 0 Å². The van der Waals surface area contributed by atoms with Gasteiger partial charge < -0.3 is 5.11 Å². The van der Waals surface area contributed by atoms with Crippen molar-refractivity contribution < 1.29 is 9.90 Å². The first-order valence-electron chi connectivity index (χ1n) is 1.56. The molecule has 2 nitrogen and oxygen atoms in total. The van der Waals surface area contributed by atoms with Gasteiger partial charge in [-0.05, 0) is 0 Å². The van der Waals surface area contributed by atoms with Gasteiger partial charge in [0.2, 0.25) is 0 Å². The summed E-state index contributed by atoms with van der Waals surface area (Å²) in [7, 11) is 0. The number of aliphatic carboxylic acids is 1. The van der Waals surface area contributed by atoms with Gasteiger partial charge >= 0.3 is 5.97 Å². The highest BCUT2D eigenvalue weighted by molar-refractivity contribution is 8.11. The molecule has 0 aliphatic heterocycles. The Bertz CT molecular complexity index is 87.1. The zero-order valence-corrected chi connectivity index (χ0v) is 5.13. The van der Waals surface area contributed by atoms with Crippen LogP contribution in [0.25, 0.3) is 0 Å². The van der Waals surface area contributed by atoms with Crippen LogP contribution in [0.5, 0.6) is 0 Å². The quantitative estimate of drug-likeness (QED) is 0.434. The summed E-state index contributed by atoms with van der Waals surface area (Å²) in [6.07, 6.45) is -0.127. The average Bonchev–Trinajstić information content (AvgIpc) is 1.27.